The number of rotatable bonds is 9. The number of nitrogens with zero attached hydrogens (tertiary/aromatic N) is 2. The molecule has 5 nitrogen and oxygen atoms in total. The molecule has 0 amide bonds. The molecule has 0 saturated carbocycles. The van der Waals surface area contributed by atoms with Gasteiger partial charge in [-0.2, -0.15) is 0 Å². The minimum atomic E-state index is 0. The Kier molecular flexibility index (Phi) is 11.4. The number of benzene rings is 1. The first-order valence-corrected chi connectivity index (χ1v) is 10.5. The van der Waals surface area contributed by atoms with Gasteiger partial charge in [0, 0.05) is 31.1 Å². The number of ether oxygens (including phenoxy) is 1. The molecule has 1 atom stereocenters. The summed E-state index contributed by atoms with van der Waals surface area (Å²) in [4.78, 5) is 8.83. The van der Waals surface area contributed by atoms with Crippen molar-refractivity contribution in [2.45, 2.75) is 46.6 Å². The Hall–Kier alpha value is -1.35. The Balaban J connectivity index is 0.00000392. The highest BCUT2D eigenvalue weighted by Gasteiger charge is 2.08. The summed E-state index contributed by atoms with van der Waals surface area (Å²) in [6.07, 6.45) is 2.03. The maximum atomic E-state index is 5.75. The minimum absolute atomic E-state index is 0. The standard InChI is InChI=1S/C21H32N4OS.HI/c1-15(2)13-26-19-10-8-18(9-11-19)17(4)25-21(22-5)23-12-6-7-20-24-16(3)14-27-20;/h8-11,14-15,17H,6-7,12-13H2,1-5H3,(H2,22,23,25);1H. The molecule has 7 heteroatoms. The molecule has 0 fully saturated rings. The van der Waals surface area contributed by atoms with Gasteiger partial charge in [-0.15, -0.1) is 35.3 Å². The van der Waals surface area contributed by atoms with E-state index in [1.54, 1.807) is 18.4 Å². The first kappa shape index (κ1) is 24.7. The van der Waals surface area contributed by atoms with Gasteiger partial charge >= 0.3 is 0 Å². The quantitative estimate of drug-likeness (QED) is 0.214. The summed E-state index contributed by atoms with van der Waals surface area (Å²) in [5.41, 5.74) is 2.31. The highest BCUT2D eigenvalue weighted by molar-refractivity contribution is 14.0. The SMILES string of the molecule is CN=C(NCCCc1nc(C)cs1)NC(C)c1ccc(OCC(C)C)cc1.I. The van der Waals surface area contributed by atoms with Crippen molar-refractivity contribution in [1.29, 1.82) is 0 Å². The van der Waals surface area contributed by atoms with Crippen molar-refractivity contribution in [3.8, 4) is 5.75 Å². The molecule has 0 radical (unpaired) electrons. The van der Waals surface area contributed by atoms with Gasteiger partial charge in [0.2, 0.25) is 0 Å². The minimum Gasteiger partial charge on any atom is -0.493 e. The van der Waals surface area contributed by atoms with Crippen LogP contribution in [-0.4, -0.2) is 31.1 Å². The number of thiazole rings is 1. The number of nitrogens with one attached hydrogen (secondary N) is 2. The molecule has 0 aliphatic rings. The van der Waals surface area contributed by atoms with Gasteiger partial charge in [0.1, 0.15) is 5.75 Å². The van der Waals surface area contributed by atoms with E-state index in [0.717, 1.165) is 43.4 Å². The van der Waals surface area contributed by atoms with Gasteiger partial charge in [0.05, 0.1) is 17.7 Å². The Morgan fingerprint density at radius 2 is 1.93 bits per heavy atom. The number of halogens is 1. The first-order chi connectivity index (χ1) is 13.0. The van der Waals surface area contributed by atoms with Gasteiger partial charge in [-0.25, -0.2) is 4.98 Å². The molecule has 1 aromatic heterocycles. The smallest absolute Gasteiger partial charge is 0.191 e. The summed E-state index contributed by atoms with van der Waals surface area (Å²) < 4.78 is 5.75. The zero-order chi connectivity index (χ0) is 19.6. The van der Waals surface area contributed by atoms with Crippen LogP contribution in [0.4, 0.5) is 0 Å². The van der Waals surface area contributed by atoms with Crippen molar-refractivity contribution in [3.05, 3.63) is 45.9 Å². The van der Waals surface area contributed by atoms with Crippen molar-refractivity contribution in [2.24, 2.45) is 10.9 Å². The van der Waals surface area contributed by atoms with E-state index >= 15 is 0 Å². The van der Waals surface area contributed by atoms with E-state index in [9.17, 15) is 0 Å². The van der Waals surface area contributed by atoms with Crippen molar-refractivity contribution in [2.75, 3.05) is 20.2 Å². The van der Waals surface area contributed by atoms with Crippen LogP contribution in [0.1, 0.15) is 49.5 Å². The summed E-state index contributed by atoms with van der Waals surface area (Å²) >= 11 is 1.73. The molecule has 2 aromatic rings. The molecular weight excluding hydrogens is 483 g/mol. The van der Waals surface area contributed by atoms with Crippen LogP contribution in [0.2, 0.25) is 0 Å². The Morgan fingerprint density at radius 1 is 1.21 bits per heavy atom. The number of aryl methyl sites for hydroxylation is 2. The summed E-state index contributed by atoms with van der Waals surface area (Å²) in [5, 5.41) is 10.1. The van der Waals surface area contributed by atoms with Gasteiger partial charge in [0.25, 0.3) is 0 Å². The van der Waals surface area contributed by atoms with Crippen LogP contribution >= 0.6 is 35.3 Å². The Morgan fingerprint density at radius 3 is 2.50 bits per heavy atom. The second-order valence-corrected chi connectivity index (χ2v) is 8.07. The van der Waals surface area contributed by atoms with Gasteiger partial charge in [0.15, 0.2) is 5.96 Å². The fourth-order valence-corrected chi connectivity index (χ4v) is 3.38. The second-order valence-electron chi connectivity index (χ2n) is 7.13. The molecule has 1 heterocycles. The largest absolute Gasteiger partial charge is 0.493 e. The fourth-order valence-electron chi connectivity index (χ4n) is 2.56. The summed E-state index contributed by atoms with van der Waals surface area (Å²) in [6.45, 7) is 10.1. The van der Waals surface area contributed by atoms with E-state index in [1.807, 2.05) is 19.1 Å². The Labute approximate surface area is 190 Å². The van der Waals surface area contributed by atoms with Crippen molar-refractivity contribution < 1.29 is 4.74 Å². The normalized spacial score (nSPS) is 12.4. The van der Waals surface area contributed by atoms with Crippen LogP contribution in [0.25, 0.3) is 0 Å². The van der Waals surface area contributed by atoms with E-state index < -0.39 is 0 Å². The third kappa shape index (κ3) is 8.77. The highest BCUT2D eigenvalue weighted by atomic mass is 127. The summed E-state index contributed by atoms with van der Waals surface area (Å²) in [7, 11) is 1.80. The monoisotopic (exact) mass is 516 g/mol. The molecule has 0 saturated heterocycles. The van der Waals surface area contributed by atoms with E-state index in [4.69, 9.17) is 4.74 Å². The van der Waals surface area contributed by atoms with Crippen LogP contribution < -0.4 is 15.4 Å². The predicted molar refractivity (Wildman–Crippen MR) is 130 cm³/mol. The maximum Gasteiger partial charge on any atom is 0.191 e. The third-order valence-electron chi connectivity index (χ3n) is 4.07. The lowest BCUT2D eigenvalue weighted by Gasteiger charge is -2.18. The van der Waals surface area contributed by atoms with Gasteiger partial charge in [-0.3, -0.25) is 4.99 Å². The average Bonchev–Trinajstić information content (AvgIpc) is 3.07. The van der Waals surface area contributed by atoms with Crippen LogP contribution in [-0.2, 0) is 6.42 Å². The molecular formula is C21H33IN4OS. The number of guanidine groups is 1. The molecule has 0 aliphatic carbocycles. The topological polar surface area (TPSA) is 58.5 Å². The molecule has 1 aromatic carbocycles. The molecule has 156 valence electrons. The summed E-state index contributed by atoms with van der Waals surface area (Å²) in [5.74, 6) is 2.26. The lowest BCUT2D eigenvalue weighted by molar-refractivity contribution is 0.271. The molecule has 2 rings (SSSR count). The van der Waals surface area contributed by atoms with Crippen LogP contribution in [0.15, 0.2) is 34.6 Å². The number of hydrogen-bond acceptors (Lipinski definition) is 4. The Bertz CT molecular complexity index is 715. The molecule has 0 bridgehead atoms. The predicted octanol–water partition coefficient (Wildman–Crippen LogP) is 4.96. The molecule has 1 unspecified atom stereocenters. The van der Waals surface area contributed by atoms with Crippen molar-refractivity contribution >= 4 is 41.3 Å². The highest BCUT2D eigenvalue weighted by Crippen LogP contribution is 2.18. The zero-order valence-corrected chi connectivity index (χ0v) is 20.6. The number of aromatic nitrogens is 1. The second kappa shape index (κ2) is 13.0. The fraction of sp³-hybridized carbons (Fsp3) is 0.524. The van der Waals surface area contributed by atoms with Crippen LogP contribution in [0.3, 0.4) is 0 Å². The lowest BCUT2D eigenvalue weighted by Crippen LogP contribution is -2.39. The molecule has 0 spiro atoms. The number of hydrogen-bond donors (Lipinski definition) is 2. The lowest BCUT2D eigenvalue weighted by atomic mass is 10.1. The first-order valence-electron chi connectivity index (χ1n) is 9.59. The zero-order valence-electron chi connectivity index (χ0n) is 17.5. The van der Waals surface area contributed by atoms with Crippen LogP contribution in [0, 0.1) is 12.8 Å². The van der Waals surface area contributed by atoms with Gasteiger partial charge in [-0.1, -0.05) is 26.0 Å². The molecule has 28 heavy (non-hydrogen) atoms. The van der Waals surface area contributed by atoms with E-state index in [-0.39, 0.29) is 30.0 Å². The molecule has 0 aliphatic heterocycles. The van der Waals surface area contributed by atoms with Crippen molar-refractivity contribution in [3.63, 3.8) is 0 Å². The number of aliphatic imine (C=N–C) groups is 1. The summed E-state index contributed by atoms with van der Waals surface area (Å²) in [6, 6.07) is 8.43. The van der Waals surface area contributed by atoms with E-state index in [2.05, 4.69) is 58.9 Å². The van der Waals surface area contributed by atoms with Gasteiger partial charge < -0.3 is 15.4 Å². The molecule has 2 N–H and O–H groups in total. The average molecular weight is 516 g/mol. The van der Waals surface area contributed by atoms with Crippen LogP contribution in [0.5, 0.6) is 5.75 Å². The van der Waals surface area contributed by atoms with Crippen molar-refractivity contribution in [1.82, 2.24) is 15.6 Å². The van der Waals surface area contributed by atoms with Gasteiger partial charge in [-0.05, 0) is 43.9 Å². The van der Waals surface area contributed by atoms with E-state index in [1.165, 1.54) is 10.6 Å². The van der Waals surface area contributed by atoms with E-state index in [0.29, 0.717) is 5.92 Å². The maximum absolute atomic E-state index is 5.75. The third-order valence-corrected chi connectivity index (χ3v) is 5.09.